The van der Waals surface area contributed by atoms with Gasteiger partial charge in [-0.15, -0.1) is 0 Å². The highest BCUT2D eigenvalue weighted by atomic mass is 16.1. The molecule has 2 N–H and O–H groups in total. The molecule has 0 radical (unpaired) electrons. The van der Waals surface area contributed by atoms with Crippen LogP contribution in [0.15, 0.2) is 48.8 Å². The van der Waals surface area contributed by atoms with Crippen molar-refractivity contribution in [2.45, 2.75) is 0 Å². The van der Waals surface area contributed by atoms with E-state index in [1.165, 1.54) is 6.33 Å². The summed E-state index contributed by atoms with van der Waals surface area (Å²) >= 11 is 0. The first-order valence-electron chi connectivity index (χ1n) is 6.11. The van der Waals surface area contributed by atoms with Gasteiger partial charge in [0.05, 0.1) is 11.3 Å². The lowest BCUT2D eigenvalue weighted by Crippen LogP contribution is -2.13. The number of fused-ring (bicyclic) bond motifs is 1. The van der Waals surface area contributed by atoms with Crippen LogP contribution in [-0.4, -0.2) is 20.5 Å². The van der Waals surface area contributed by atoms with Crippen molar-refractivity contribution < 1.29 is 4.79 Å². The second-order valence-electron chi connectivity index (χ2n) is 4.28. The van der Waals surface area contributed by atoms with Crippen LogP contribution >= 0.6 is 0 Å². The van der Waals surface area contributed by atoms with Crippen molar-refractivity contribution >= 4 is 23.7 Å². The van der Waals surface area contributed by atoms with Gasteiger partial charge in [0, 0.05) is 0 Å². The quantitative estimate of drug-likeness (QED) is 0.786. The predicted octanol–water partition coefficient (Wildman–Crippen LogP) is 2.00. The third kappa shape index (κ3) is 2.16. The molecule has 3 rings (SSSR count). The summed E-state index contributed by atoms with van der Waals surface area (Å²) in [5, 5.41) is 4.12. The van der Waals surface area contributed by atoms with Crippen LogP contribution in [0.1, 0.15) is 21.6 Å². The zero-order valence-electron chi connectivity index (χ0n) is 10.6. The summed E-state index contributed by atoms with van der Waals surface area (Å²) in [6.07, 6.45) is 5.30. The average molecular weight is 264 g/mol. The van der Waals surface area contributed by atoms with Crippen LogP contribution < -0.4 is 5.73 Å². The summed E-state index contributed by atoms with van der Waals surface area (Å²) in [5.41, 5.74) is 8.05. The number of rotatable bonds is 3. The Labute approximate surface area is 115 Å². The molecule has 20 heavy (non-hydrogen) atoms. The zero-order valence-corrected chi connectivity index (χ0v) is 10.6. The molecule has 0 aliphatic rings. The normalized spacial score (nSPS) is 11.2. The Morgan fingerprint density at radius 1 is 1.10 bits per heavy atom. The molecule has 0 unspecified atom stereocenters. The lowest BCUT2D eigenvalue weighted by molar-refractivity contribution is 0.100. The summed E-state index contributed by atoms with van der Waals surface area (Å²) in [6.45, 7) is 0. The highest BCUT2D eigenvalue weighted by Crippen LogP contribution is 2.13. The van der Waals surface area contributed by atoms with Gasteiger partial charge >= 0.3 is 0 Å². The van der Waals surface area contributed by atoms with Gasteiger partial charge in [-0.3, -0.25) is 4.79 Å². The summed E-state index contributed by atoms with van der Waals surface area (Å²) in [7, 11) is 0. The third-order valence-corrected chi connectivity index (χ3v) is 2.97. The number of nitrogens with two attached hydrogens (primary N) is 1. The molecular formula is C15H12N4O. The standard InChI is InChI=1S/C15H12N4O/c16-14(20)13-9-8-12(19-15(13)17-10-18-19)7-6-11-4-2-1-3-5-11/h1-10H,(H2,16,20)/b7-6+. The van der Waals surface area contributed by atoms with E-state index >= 15 is 0 Å². The molecule has 98 valence electrons. The number of aromatic nitrogens is 3. The molecule has 3 aromatic rings. The number of carbonyl (C=O) groups is 1. The van der Waals surface area contributed by atoms with Crippen LogP contribution in [-0.2, 0) is 0 Å². The van der Waals surface area contributed by atoms with Crippen LogP contribution in [0.2, 0.25) is 0 Å². The summed E-state index contributed by atoms with van der Waals surface area (Å²) in [5.74, 6) is -0.512. The van der Waals surface area contributed by atoms with Gasteiger partial charge < -0.3 is 5.73 Å². The first-order chi connectivity index (χ1) is 9.75. The lowest BCUT2D eigenvalue weighted by atomic mass is 10.2. The van der Waals surface area contributed by atoms with Gasteiger partial charge in [-0.2, -0.15) is 5.10 Å². The van der Waals surface area contributed by atoms with Crippen LogP contribution in [0, 0.1) is 0 Å². The molecule has 0 fully saturated rings. The lowest BCUT2D eigenvalue weighted by Gasteiger charge is -2.02. The van der Waals surface area contributed by atoms with Gasteiger partial charge in [-0.25, -0.2) is 9.50 Å². The maximum atomic E-state index is 11.3. The summed E-state index contributed by atoms with van der Waals surface area (Å²) in [4.78, 5) is 15.4. The number of primary amides is 1. The molecule has 0 spiro atoms. The van der Waals surface area contributed by atoms with Crippen molar-refractivity contribution in [3.05, 3.63) is 65.6 Å². The number of nitrogens with zero attached hydrogens (tertiary/aromatic N) is 3. The first-order valence-corrected chi connectivity index (χ1v) is 6.11. The Hall–Kier alpha value is -2.95. The molecule has 5 heteroatoms. The third-order valence-electron chi connectivity index (χ3n) is 2.97. The number of carbonyl (C=O) groups excluding carboxylic acids is 1. The molecule has 0 aliphatic carbocycles. The molecule has 2 heterocycles. The van der Waals surface area contributed by atoms with Crippen molar-refractivity contribution in [2.75, 3.05) is 0 Å². The van der Waals surface area contributed by atoms with E-state index in [2.05, 4.69) is 10.1 Å². The Morgan fingerprint density at radius 2 is 1.90 bits per heavy atom. The van der Waals surface area contributed by atoms with E-state index in [4.69, 9.17) is 5.73 Å². The van der Waals surface area contributed by atoms with Crippen molar-refractivity contribution in [1.82, 2.24) is 14.6 Å². The Bertz CT molecular complexity index is 790. The Morgan fingerprint density at radius 3 is 2.65 bits per heavy atom. The van der Waals surface area contributed by atoms with E-state index in [0.717, 1.165) is 11.3 Å². The van der Waals surface area contributed by atoms with Gasteiger partial charge in [0.15, 0.2) is 5.65 Å². The van der Waals surface area contributed by atoms with Crippen LogP contribution in [0.3, 0.4) is 0 Å². The van der Waals surface area contributed by atoms with Gasteiger partial charge in [0.2, 0.25) is 0 Å². The fourth-order valence-corrected chi connectivity index (χ4v) is 1.99. The van der Waals surface area contributed by atoms with Gasteiger partial charge in [0.25, 0.3) is 5.91 Å². The van der Waals surface area contributed by atoms with Gasteiger partial charge in [-0.05, 0) is 23.8 Å². The molecular weight excluding hydrogens is 252 g/mol. The topological polar surface area (TPSA) is 73.3 Å². The highest BCUT2D eigenvalue weighted by Gasteiger charge is 2.10. The Balaban J connectivity index is 2.05. The predicted molar refractivity (Wildman–Crippen MR) is 76.9 cm³/mol. The highest BCUT2D eigenvalue weighted by molar-refractivity contribution is 5.98. The SMILES string of the molecule is NC(=O)c1ccc(/C=C/c2ccccc2)n2ncnc12. The number of hydrogen-bond acceptors (Lipinski definition) is 3. The number of benzene rings is 1. The van der Waals surface area contributed by atoms with Crippen molar-refractivity contribution in [1.29, 1.82) is 0 Å². The van der Waals surface area contributed by atoms with Crippen LogP contribution in [0.4, 0.5) is 0 Å². The fourth-order valence-electron chi connectivity index (χ4n) is 1.99. The maximum Gasteiger partial charge on any atom is 0.252 e. The minimum Gasteiger partial charge on any atom is -0.365 e. The maximum absolute atomic E-state index is 11.3. The van der Waals surface area contributed by atoms with Gasteiger partial charge in [-0.1, -0.05) is 36.4 Å². The second-order valence-corrected chi connectivity index (χ2v) is 4.28. The monoisotopic (exact) mass is 264 g/mol. The second kappa shape index (κ2) is 4.97. The molecule has 5 nitrogen and oxygen atoms in total. The van der Waals surface area contributed by atoms with Crippen molar-refractivity contribution in [3.8, 4) is 0 Å². The van der Waals surface area contributed by atoms with Crippen LogP contribution in [0.25, 0.3) is 17.8 Å². The van der Waals surface area contributed by atoms with Gasteiger partial charge in [0.1, 0.15) is 6.33 Å². The number of hydrogen-bond donors (Lipinski definition) is 1. The van der Waals surface area contributed by atoms with E-state index in [0.29, 0.717) is 11.2 Å². The van der Waals surface area contributed by atoms with E-state index < -0.39 is 5.91 Å². The molecule has 0 saturated carbocycles. The van der Waals surface area contributed by atoms with Crippen LogP contribution in [0.5, 0.6) is 0 Å². The molecule has 0 bridgehead atoms. The van der Waals surface area contributed by atoms with E-state index in [1.54, 1.807) is 16.6 Å². The zero-order chi connectivity index (χ0) is 13.9. The molecule has 0 atom stereocenters. The minimum atomic E-state index is -0.512. The molecule has 0 saturated heterocycles. The first kappa shape index (κ1) is 12.1. The van der Waals surface area contributed by atoms with E-state index in [1.807, 2.05) is 42.5 Å². The smallest absolute Gasteiger partial charge is 0.252 e. The van der Waals surface area contributed by atoms with Crippen molar-refractivity contribution in [2.24, 2.45) is 5.73 Å². The fraction of sp³-hybridized carbons (Fsp3) is 0. The largest absolute Gasteiger partial charge is 0.365 e. The average Bonchev–Trinajstić information content (AvgIpc) is 2.95. The van der Waals surface area contributed by atoms with E-state index in [-0.39, 0.29) is 0 Å². The van der Waals surface area contributed by atoms with E-state index in [9.17, 15) is 4.79 Å². The summed E-state index contributed by atoms with van der Waals surface area (Å²) in [6, 6.07) is 13.4. The minimum absolute atomic E-state index is 0.361. The molecule has 1 amide bonds. The van der Waals surface area contributed by atoms with Crippen molar-refractivity contribution in [3.63, 3.8) is 0 Å². The number of pyridine rings is 1. The summed E-state index contributed by atoms with van der Waals surface area (Å²) < 4.78 is 1.60. The molecule has 0 aliphatic heterocycles. The molecule has 1 aromatic carbocycles. The Kier molecular flexibility index (Phi) is 3.01. The molecule has 2 aromatic heterocycles. The number of amides is 1.